The van der Waals surface area contributed by atoms with Gasteiger partial charge in [-0.2, -0.15) is 0 Å². The van der Waals surface area contributed by atoms with E-state index in [9.17, 15) is 18.4 Å². The van der Waals surface area contributed by atoms with E-state index in [1.165, 1.54) is 0 Å². The van der Waals surface area contributed by atoms with E-state index >= 15 is 0 Å². The molecule has 8 heteroatoms. The van der Waals surface area contributed by atoms with Crippen LogP contribution in [0.25, 0.3) is 0 Å². The number of ether oxygens (including phenoxy) is 1. The van der Waals surface area contributed by atoms with Gasteiger partial charge >= 0.3 is 6.09 Å². The van der Waals surface area contributed by atoms with Gasteiger partial charge in [0, 0.05) is 82.5 Å². The van der Waals surface area contributed by atoms with Crippen molar-refractivity contribution in [2.75, 3.05) is 39.3 Å². The average molecular weight is 574 g/mol. The Labute approximate surface area is 244 Å². The third kappa shape index (κ3) is 6.73. The number of hydrogen-bond acceptors (Lipinski definition) is 4. The molecule has 1 aliphatic carbocycles. The van der Waals surface area contributed by atoms with Gasteiger partial charge in [-0.3, -0.25) is 9.69 Å². The van der Waals surface area contributed by atoms with Crippen molar-refractivity contribution in [3.05, 3.63) is 34.9 Å². The monoisotopic (exact) mass is 573 g/mol. The fraction of sp³-hybridized carbons (Fsp3) is 0.758. The van der Waals surface area contributed by atoms with Crippen molar-refractivity contribution in [3.8, 4) is 0 Å². The number of rotatable bonds is 7. The molecule has 1 aromatic rings. The summed E-state index contributed by atoms with van der Waals surface area (Å²) in [5.74, 6) is -2.38. The summed E-state index contributed by atoms with van der Waals surface area (Å²) in [6.45, 7) is 10.5. The summed E-state index contributed by atoms with van der Waals surface area (Å²) in [5.41, 5.74) is 2.46. The number of halogens is 2. The van der Waals surface area contributed by atoms with Crippen LogP contribution in [-0.2, 0) is 4.74 Å². The van der Waals surface area contributed by atoms with Crippen molar-refractivity contribution in [3.63, 3.8) is 0 Å². The molecule has 3 heterocycles. The first-order valence-electron chi connectivity index (χ1n) is 16.1. The third-order valence-electron chi connectivity index (χ3n) is 10.5. The number of carbonyl (C=O) groups is 2. The van der Waals surface area contributed by atoms with Gasteiger partial charge in [0.2, 0.25) is 5.92 Å². The highest BCUT2D eigenvalue weighted by Crippen LogP contribution is 2.43. The van der Waals surface area contributed by atoms with Crippen molar-refractivity contribution >= 4 is 12.0 Å². The standard InChI is InChI=1S/C33H49F2N3O3/c1-4-5-11-27-23-38(22-26-10-7-14-33(34,35)21-26)31(40)41-32(27)15-19-36(20-16-32)28-12-17-37(18-13-28)30(39)29-24(2)8-6-9-25(29)3/h6,8-9,26-28H,4-5,7,10-23H2,1-3H3. The SMILES string of the molecule is CCCCC1CN(CC2CCCC(F)(F)C2)C(=O)OC12CCN(C1CCN(C(=O)c3c(C)cccc3C)CC1)CC2. The molecular formula is C33H49F2N3O3. The molecule has 228 valence electrons. The minimum absolute atomic E-state index is 0.0333. The van der Waals surface area contributed by atoms with Gasteiger partial charge in [0.25, 0.3) is 5.91 Å². The third-order valence-corrected chi connectivity index (χ3v) is 10.5. The van der Waals surface area contributed by atoms with Crippen molar-refractivity contribution in [1.29, 1.82) is 0 Å². The van der Waals surface area contributed by atoms with Crippen molar-refractivity contribution in [2.24, 2.45) is 11.8 Å². The topological polar surface area (TPSA) is 53.1 Å². The molecule has 1 spiro atoms. The molecule has 2 amide bonds. The number of nitrogens with zero attached hydrogens (tertiary/aromatic N) is 3. The second-order valence-electron chi connectivity index (χ2n) is 13.3. The second-order valence-corrected chi connectivity index (χ2v) is 13.3. The van der Waals surface area contributed by atoms with Crippen LogP contribution in [0.2, 0.25) is 0 Å². The Bertz CT molecular complexity index is 1060. The van der Waals surface area contributed by atoms with Gasteiger partial charge in [-0.05, 0) is 63.0 Å². The summed E-state index contributed by atoms with van der Waals surface area (Å²) < 4.78 is 34.4. The van der Waals surface area contributed by atoms with Crippen molar-refractivity contribution < 1.29 is 23.1 Å². The smallest absolute Gasteiger partial charge is 0.410 e. The van der Waals surface area contributed by atoms with E-state index in [1.54, 1.807) is 4.90 Å². The highest BCUT2D eigenvalue weighted by molar-refractivity contribution is 5.97. The Morgan fingerprint density at radius 3 is 2.34 bits per heavy atom. The number of hydrogen-bond donors (Lipinski definition) is 0. The lowest BCUT2D eigenvalue weighted by atomic mass is 9.75. The minimum Gasteiger partial charge on any atom is -0.442 e. The Hall–Kier alpha value is -2.22. The van der Waals surface area contributed by atoms with Crippen LogP contribution in [0.5, 0.6) is 0 Å². The largest absolute Gasteiger partial charge is 0.442 e. The summed E-state index contributed by atoms with van der Waals surface area (Å²) in [7, 11) is 0. The molecule has 0 aromatic heterocycles. The van der Waals surface area contributed by atoms with E-state index in [0.29, 0.717) is 25.6 Å². The summed E-state index contributed by atoms with van der Waals surface area (Å²) in [6, 6.07) is 6.46. The summed E-state index contributed by atoms with van der Waals surface area (Å²) in [5, 5.41) is 0. The van der Waals surface area contributed by atoms with E-state index < -0.39 is 11.5 Å². The first-order valence-corrected chi connectivity index (χ1v) is 16.1. The van der Waals surface area contributed by atoms with E-state index in [0.717, 1.165) is 94.2 Å². The van der Waals surface area contributed by atoms with Crippen LogP contribution < -0.4 is 0 Å². The zero-order valence-electron chi connectivity index (χ0n) is 25.3. The highest BCUT2D eigenvalue weighted by atomic mass is 19.3. The summed E-state index contributed by atoms with van der Waals surface area (Å²) in [6.07, 6.45) is 7.56. The number of amides is 2. The lowest BCUT2D eigenvalue weighted by molar-refractivity contribution is -0.130. The van der Waals surface area contributed by atoms with E-state index in [4.69, 9.17) is 4.74 Å². The van der Waals surface area contributed by atoms with E-state index in [1.807, 2.05) is 36.9 Å². The van der Waals surface area contributed by atoms with Crippen LogP contribution in [-0.4, -0.2) is 83.5 Å². The Morgan fingerprint density at radius 1 is 1.02 bits per heavy atom. The lowest BCUT2D eigenvalue weighted by Gasteiger charge is -2.52. The van der Waals surface area contributed by atoms with Gasteiger partial charge < -0.3 is 14.5 Å². The molecule has 1 aromatic carbocycles. The fourth-order valence-corrected chi connectivity index (χ4v) is 8.05. The normalized spacial score (nSPS) is 27.2. The van der Waals surface area contributed by atoms with Crippen LogP contribution in [0.1, 0.15) is 99.0 Å². The van der Waals surface area contributed by atoms with Crippen LogP contribution in [0.4, 0.5) is 13.6 Å². The lowest BCUT2D eigenvalue weighted by Crippen LogP contribution is -2.61. The molecule has 6 nitrogen and oxygen atoms in total. The summed E-state index contributed by atoms with van der Waals surface area (Å²) >= 11 is 0. The molecule has 4 aliphatic rings. The molecule has 4 fully saturated rings. The van der Waals surface area contributed by atoms with Crippen molar-refractivity contribution in [2.45, 2.75) is 109 Å². The first-order chi connectivity index (χ1) is 19.6. The number of benzene rings is 1. The number of likely N-dealkylation sites (tertiary alicyclic amines) is 2. The van der Waals surface area contributed by atoms with Gasteiger partial charge in [-0.25, -0.2) is 13.6 Å². The number of carbonyl (C=O) groups excluding carboxylic acids is 2. The first kappa shape index (κ1) is 30.2. The molecule has 3 saturated heterocycles. The number of aryl methyl sites for hydroxylation is 2. The molecule has 2 atom stereocenters. The maximum atomic E-state index is 14.0. The zero-order chi connectivity index (χ0) is 29.2. The van der Waals surface area contributed by atoms with Gasteiger partial charge in [0.1, 0.15) is 5.60 Å². The number of alkyl halides is 2. The zero-order valence-corrected chi connectivity index (χ0v) is 25.3. The maximum absolute atomic E-state index is 14.0. The van der Waals surface area contributed by atoms with Crippen LogP contribution in [0.3, 0.4) is 0 Å². The van der Waals surface area contributed by atoms with E-state index in [-0.39, 0.29) is 36.7 Å². The molecule has 1 saturated carbocycles. The van der Waals surface area contributed by atoms with Crippen LogP contribution >= 0.6 is 0 Å². The maximum Gasteiger partial charge on any atom is 0.410 e. The molecule has 0 bridgehead atoms. The Balaban J connectivity index is 1.16. The molecular weight excluding hydrogens is 524 g/mol. The minimum atomic E-state index is -2.61. The number of piperidine rings is 2. The van der Waals surface area contributed by atoms with Crippen molar-refractivity contribution in [1.82, 2.24) is 14.7 Å². The van der Waals surface area contributed by atoms with E-state index in [2.05, 4.69) is 11.8 Å². The Kier molecular flexibility index (Phi) is 9.27. The van der Waals surface area contributed by atoms with Gasteiger partial charge in [0.15, 0.2) is 0 Å². The quantitative estimate of drug-likeness (QED) is 0.359. The molecule has 0 N–H and O–H groups in total. The van der Waals surface area contributed by atoms with Gasteiger partial charge in [0.05, 0.1) is 0 Å². The molecule has 2 unspecified atom stereocenters. The van der Waals surface area contributed by atoms with Gasteiger partial charge in [-0.15, -0.1) is 0 Å². The Morgan fingerprint density at radius 2 is 1.71 bits per heavy atom. The van der Waals surface area contributed by atoms with Crippen LogP contribution in [0.15, 0.2) is 18.2 Å². The average Bonchev–Trinajstić information content (AvgIpc) is 2.94. The summed E-state index contributed by atoms with van der Waals surface area (Å²) in [4.78, 5) is 32.8. The fourth-order valence-electron chi connectivity index (χ4n) is 8.05. The predicted molar refractivity (Wildman–Crippen MR) is 156 cm³/mol. The molecule has 41 heavy (non-hydrogen) atoms. The van der Waals surface area contributed by atoms with Crippen LogP contribution in [0, 0.1) is 25.7 Å². The van der Waals surface area contributed by atoms with Gasteiger partial charge in [-0.1, -0.05) is 38.0 Å². The second kappa shape index (κ2) is 12.6. The predicted octanol–water partition coefficient (Wildman–Crippen LogP) is 6.83. The molecule has 3 aliphatic heterocycles. The highest BCUT2D eigenvalue weighted by Gasteiger charge is 2.51. The number of unbranched alkanes of at least 4 members (excludes halogenated alkanes) is 1. The molecule has 5 rings (SSSR count). The molecule has 0 radical (unpaired) electrons.